The summed E-state index contributed by atoms with van der Waals surface area (Å²) in [6.45, 7) is 5.09. The van der Waals surface area contributed by atoms with Crippen molar-refractivity contribution in [1.82, 2.24) is 20.2 Å². The number of amides is 1. The van der Waals surface area contributed by atoms with Gasteiger partial charge in [0.1, 0.15) is 5.54 Å². The van der Waals surface area contributed by atoms with E-state index in [0.717, 1.165) is 64.2 Å². The van der Waals surface area contributed by atoms with Crippen LogP contribution < -0.4 is 10.2 Å². The summed E-state index contributed by atoms with van der Waals surface area (Å²) in [5.74, 6) is 0.706. The fourth-order valence-corrected chi connectivity index (χ4v) is 3.69. The first kappa shape index (κ1) is 17.6. The van der Waals surface area contributed by atoms with Crippen molar-refractivity contribution in [1.29, 1.82) is 5.26 Å². The van der Waals surface area contributed by atoms with E-state index in [-0.39, 0.29) is 11.9 Å². The summed E-state index contributed by atoms with van der Waals surface area (Å²) in [6.07, 6.45) is 8.20. The average molecular weight is 342 g/mol. The Morgan fingerprint density at radius 2 is 1.84 bits per heavy atom. The third kappa shape index (κ3) is 4.07. The number of hydrogen-bond donors (Lipinski definition) is 1. The second-order valence-corrected chi connectivity index (χ2v) is 6.99. The van der Waals surface area contributed by atoms with Crippen molar-refractivity contribution < 1.29 is 4.79 Å². The molecule has 1 aromatic heterocycles. The summed E-state index contributed by atoms with van der Waals surface area (Å²) in [5.41, 5.74) is -0.663. The fourth-order valence-electron chi connectivity index (χ4n) is 3.69. The Morgan fingerprint density at radius 1 is 1.20 bits per heavy atom. The lowest BCUT2D eigenvalue weighted by atomic mass is 9.82. The van der Waals surface area contributed by atoms with Crippen molar-refractivity contribution in [3.63, 3.8) is 0 Å². The molecule has 1 aliphatic carbocycles. The van der Waals surface area contributed by atoms with Crippen molar-refractivity contribution in [2.45, 2.75) is 50.6 Å². The molecule has 0 aromatic carbocycles. The molecule has 0 radical (unpaired) electrons. The van der Waals surface area contributed by atoms with Gasteiger partial charge >= 0.3 is 0 Å². The molecule has 2 fully saturated rings. The molecule has 25 heavy (non-hydrogen) atoms. The SMILES string of the molecule is CC(C(=O)NC1(C#N)CCCCC1)N1CCN(c2ncccn2)CC1. The van der Waals surface area contributed by atoms with E-state index in [2.05, 4.69) is 31.2 Å². The first-order valence-corrected chi connectivity index (χ1v) is 9.13. The summed E-state index contributed by atoms with van der Waals surface area (Å²) in [6, 6.07) is 3.94. The third-order valence-electron chi connectivity index (χ3n) is 5.36. The second-order valence-electron chi connectivity index (χ2n) is 6.99. The standard InChI is InChI=1S/C18H26N6O/c1-15(16(25)22-18(14-19)6-3-2-4-7-18)23-10-12-24(13-11-23)17-20-8-5-9-21-17/h5,8-9,15H,2-4,6-7,10-13H2,1H3,(H,22,25). The van der Waals surface area contributed by atoms with E-state index in [4.69, 9.17) is 0 Å². The Morgan fingerprint density at radius 3 is 2.44 bits per heavy atom. The second kappa shape index (κ2) is 7.79. The van der Waals surface area contributed by atoms with Gasteiger partial charge in [0.15, 0.2) is 0 Å². The summed E-state index contributed by atoms with van der Waals surface area (Å²) >= 11 is 0. The number of aromatic nitrogens is 2. The molecule has 1 saturated heterocycles. The van der Waals surface area contributed by atoms with E-state index in [1.165, 1.54) is 0 Å². The molecular formula is C18H26N6O. The molecule has 2 heterocycles. The maximum Gasteiger partial charge on any atom is 0.238 e. The maximum absolute atomic E-state index is 12.7. The zero-order valence-corrected chi connectivity index (χ0v) is 14.8. The Labute approximate surface area is 149 Å². The minimum atomic E-state index is -0.663. The van der Waals surface area contributed by atoms with Gasteiger partial charge in [0, 0.05) is 38.6 Å². The minimum absolute atomic E-state index is 0.0344. The lowest BCUT2D eigenvalue weighted by molar-refractivity contribution is -0.127. The molecule has 1 aromatic rings. The van der Waals surface area contributed by atoms with Crippen molar-refractivity contribution in [3.8, 4) is 6.07 Å². The molecule has 134 valence electrons. The van der Waals surface area contributed by atoms with Gasteiger partial charge < -0.3 is 10.2 Å². The van der Waals surface area contributed by atoms with Gasteiger partial charge in [-0.25, -0.2) is 9.97 Å². The van der Waals surface area contributed by atoms with Gasteiger partial charge in [-0.05, 0) is 25.8 Å². The summed E-state index contributed by atoms with van der Waals surface area (Å²) < 4.78 is 0. The zero-order chi connectivity index (χ0) is 17.7. The van der Waals surface area contributed by atoms with E-state index in [1.807, 2.05) is 13.0 Å². The number of nitrogens with zero attached hydrogens (tertiary/aromatic N) is 5. The highest BCUT2D eigenvalue weighted by Gasteiger charge is 2.36. The molecule has 1 saturated carbocycles. The molecule has 7 heteroatoms. The van der Waals surface area contributed by atoms with Crippen molar-refractivity contribution >= 4 is 11.9 Å². The minimum Gasteiger partial charge on any atom is -0.338 e. The number of hydrogen-bond acceptors (Lipinski definition) is 6. The molecule has 1 amide bonds. The third-order valence-corrected chi connectivity index (χ3v) is 5.36. The molecule has 1 N–H and O–H groups in total. The van der Waals surface area contributed by atoms with Crippen LogP contribution in [0.3, 0.4) is 0 Å². The maximum atomic E-state index is 12.7. The number of carbonyl (C=O) groups excluding carboxylic acids is 1. The zero-order valence-electron chi connectivity index (χ0n) is 14.8. The Bertz CT molecular complexity index is 614. The van der Waals surface area contributed by atoms with Crippen LogP contribution >= 0.6 is 0 Å². The van der Waals surface area contributed by atoms with Crippen LogP contribution in [-0.4, -0.2) is 58.5 Å². The van der Waals surface area contributed by atoms with Crippen LogP contribution in [0.1, 0.15) is 39.0 Å². The van der Waals surface area contributed by atoms with Gasteiger partial charge in [-0.3, -0.25) is 9.69 Å². The highest BCUT2D eigenvalue weighted by Crippen LogP contribution is 2.27. The summed E-state index contributed by atoms with van der Waals surface area (Å²) in [5, 5.41) is 12.6. The van der Waals surface area contributed by atoms with Crippen LogP contribution in [0, 0.1) is 11.3 Å². The number of carbonyl (C=O) groups is 1. The van der Waals surface area contributed by atoms with E-state index in [0.29, 0.717) is 0 Å². The van der Waals surface area contributed by atoms with Gasteiger partial charge in [0.2, 0.25) is 11.9 Å². The van der Waals surface area contributed by atoms with Gasteiger partial charge in [0.05, 0.1) is 12.1 Å². The number of rotatable bonds is 4. The van der Waals surface area contributed by atoms with Crippen LogP contribution in [0.4, 0.5) is 5.95 Å². The molecule has 0 spiro atoms. The topological polar surface area (TPSA) is 85.2 Å². The first-order chi connectivity index (χ1) is 12.1. The number of piperazine rings is 1. The Balaban J connectivity index is 1.54. The number of nitrogens with one attached hydrogen (secondary N) is 1. The first-order valence-electron chi connectivity index (χ1n) is 9.13. The Kier molecular flexibility index (Phi) is 5.49. The van der Waals surface area contributed by atoms with E-state index < -0.39 is 5.54 Å². The van der Waals surface area contributed by atoms with Crippen molar-refractivity contribution in [3.05, 3.63) is 18.5 Å². The molecule has 1 unspecified atom stereocenters. The lowest BCUT2D eigenvalue weighted by Crippen LogP contribution is -2.58. The average Bonchev–Trinajstić information content (AvgIpc) is 2.69. The van der Waals surface area contributed by atoms with Gasteiger partial charge in [0.25, 0.3) is 0 Å². The molecule has 3 rings (SSSR count). The van der Waals surface area contributed by atoms with Gasteiger partial charge in [-0.2, -0.15) is 5.26 Å². The molecule has 1 atom stereocenters. The van der Waals surface area contributed by atoms with Crippen LogP contribution in [0.25, 0.3) is 0 Å². The highest BCUT2D eigenvalue weighted by molar-refractivity contribution is 5.82. The normalized spacial score (nSPS) is 22.0. The van der Waals surface area contributed by atoms with Crippen molar-refractivity contribution in [2.24, 2.45) is 0 Å². The van der Waals surface area contributed by atoms with Crippen LogP contribution in [0.5, 0.6) is 0 Å². The van der Waals surface area contributed by atoms with Gasteiger partial charge in [-0.15, -0.1) is 0 Å². The molecule has 1 aliphatic heterocycles. The highest BCUT2D eigenvalue weighted by atomic mass is 16.2. The molecule has 0 bridgehead atoms. The van der Waals surface area contributed by atoms with E-state index >= 15 is 0 Å². The van der Waals surface area contributed by atoms with E-state index in [1.54, 1.807) is 12.4 Å². The summed E-state index contributed by atoms with van der Waals surface area (Å²) in [7, 11) is 0. The van der Waals surface area contributed by atoms with E-state index in [9.17, 15) is 10.1 Å². The molecule has 2 aliphatic rings. The summed E-state index contributed by atoms with van der Waals surface area (Å²) in [4.78, 5) is 25.6. The van der Waals surface area contributed by atoms with Crippen LogP contribution in [0.2, 0.25) is 0 Å². The quantitative estimate of drug-likeness (QED) is 0.888. The number of nitriles is 1. The monoisotopic (exact) mass is 342 g/mol. The van der Waals surface area contributed by atoms with Crippen LogP contribution in [0.15, 0.2) is 18.5 Å². The molecular weight excluding hydrogens is 316 g/mol. The number of anilines is 1. The molecule has 7 nitrogen and oxygen atoms in total. The smallest absolute Gasteiger partial charge is 0.238 e. The predicted octanol–water partition coefficient (Wildman–Crippen LogP) is 1.33. The predicted molar refractivity (Wildman–Crippen MR) is 94.9 cm³/mol. The van der Waals surface area contributed by atoms with Crippen molar-refractivity contribution in [2.75, 3.05) is 31.1 Å². The fraction of sp³-hybridized carbons (Fsp3) is 0.667. The Hall–Kier alpha value is -2.20. The van der Waals surface area contributed by atoms with Gasteiger partial charge in [-0.1, -0.05) is 19.3 Å². The largest absolute Gasteiger partial charge is 0.338 e. The lowest BCUT2D eigenvalue weighted by Gasteiger charge is -2.39. The van der Waals surface area contributed by atoms with Crippen LogP contribution in [-0.2, 0) is 4.79 Å².